The molecule has 2 aliphatic carbocycles. The van der Waals surface area contributed by atoms with E-state index in [4.69, 9.17) is 5.73 Å². The van der Waals surface area contributed by atoms with E-state index in [9.17, 15) is 0 Å². The van der Waals surface area contributed by atoms with Gasteiger partial charge in [0.05, 0.1) is 0 Å². The van der Waals surface area contributed by atoms with E-state index in [-0.39, 0.29) is 5.41 Å². The largest absolute Gasteiger partial charge is 0.329 e. The second kappa shape index (κ2) is 5.84. The number of aryl methyl sites for hydroxylation is 1. The van der Waals surface area contributed by atoms with Crippen LogP contribution in [0.1, 0.15) is 81.9 Å². The van der Waals surface area contributed by atoms with Crippen LogP contribution in [0.15, 0.2) is 0 Å². The maximum atomic E-state index is 6.20. The predicted octanol–water partition coefficient (Wildman–Crippen LogP) is 3.25. The summed E-state index contributed by atoms with van der Waals surface area (Å²) in [5.41, 5.74) is 6.29. The molecule has 0 atom stereocenters. The summed E-state index contributed by atoms with van der Waals surface area (Å²) in [6.45, 7) is 2.83. The van der Waals surface area contributed by atoms with Crippen molar-refractivity contribution < 1.29 is 0 Å². The monoisotopic (exact) mass is 276 g/mol. The number of hydrogen-bond donors (Lipinski definition) is 1. The van der Waals surface area contributed by atoms with Gasteiger partial charge >= 0.3 is 0 Å². The number of rotatable bonds is 3. The van der Waals surface area contributed by atoms with E-state index < -0.39 is 0 Å². The Labute approximate surface area is 122 Å². The molecule has 0 aromatic carbocycles. The zero-order valence-corrected chi connectivity index (χ0v) is 12.8. The summed E-state index contributed by atoms with van der Waals surface area (Å²) in [6, 6.07) is 0.610. The summed E-state index contributed by atoms with van der Waals surface area (Å²) < 4.78 is 2.46. The SMILES string of the molecule is Cc1nnc(C2(CN)CCCCC2)n1C1CCCCC1. The van der Waals surface area contributed by atoms with Gasteiger partial charge in [-0.15, -0.1) is 10.2 Å². The molecular weight excluding hydrogens is 248 g/mol. The molecule has 1 aromatic heterocycles. The lowest BCUT2D eigenvalue weighted by Gasteiger charge is -2.37. The fraction of sp³-hybridized carbons (Fsp3) is 0.875. The minimum atomic E-state index is 0.0942. The number of aromatic nitrogens is 3. The van der Waals surface area contributed by atoms with Crippen LogP contribution in [0.2, 0.25) is 0 Å². The minimum Gasteiger partial charge on any atom is -0.329 e. The smallest absolute Gasteiger partial charge is 0.140 e. The van der Waals surface area contributed by atoms with Gasteiger partial charge in [0.1, 0.15) is 11.6 Å². The summed E-state index contributed by atoms with van der Waals surface area (Å²) in [5, 5.41) is 9.01. The summed E-state index contributed by atoms with van der Waals surface area (Å²) in [5.74, 6) is 2.29. The molecule has 2 N–H and O–H groups in total. The highest BCUT2D eigenvalue weighted by molar-refractivity contribution is 5.14. The van der Waals surface area contributed by atoms with Gasteiger partial charge in [0.15, 0.2) is 0 Å². The molecule has 0 aliphatic heterocycles. The Hall–Kier alpha value is -0.900. The molecular formula is C16H28N4. The number of nitrogens with two attached hydrogens (primary N) is 1. The molecule has 112 valence electrons. The second-order valence-corrected chi connectivity index (χ2v) is 6.78. The summed E-state index contributed by atoms with van der Waals surface area (Å²) in [4.78, 5) is 0. The average Bonchev–Trinajstić information content (AvgIpc) is 2.91. The second-order valence-electron chi connectivity index (χ2n) is 6.78. The quantitative estimate of drug-likeness (QED) is 0.922. The van der Waals surface area contributed by atoms with Crippen molar-refractivity contribution in [2.24, 2.45) is 5.73 Å². The van der Waals surface area contributed by atoms with E-state index in [2.05, 4.69) is 21.7 Å². The van der Waals surface area contributed by atoms with Crippen molar-refractivity contribution in [3.63, 3.8) is 0 Å². The molecule has 0 amide bonds. The van der Waals surface area contributed by atoms with Crippen LogP contribution >= 0.6 is 0 Å². The fourth-order valence-electron chi connectivity index (χ4n) is 4.25. The number of nitrogens with zero attached hydrogens (tertiary/aromatic N) is 3. The Bertz CT molecular complexity index is 439. The van der Waals surface area contributed by atoms with Gasteiger partial charge in [-0.3, -0.25) is 0 Å². The van der Waals surface area contributed by atoms with Crippen molar-refractivity contribution in [3.05, 3.63) is 11.6 Å². The van der Waals surface area contributed by atoms with E-state index in [1.54, 1.807) is 0 Å². The zero-order chi connectivity index (χ0) is 14.0. The average molecular weight is 276 g/mol. The molecule has 4 heteroatoms. The van der Waals surface area contributed by atoms with E-state index in [0.717, 1.165) is 12.4 Å². The van der Waals surface area contributed by atoms with Crippen LogP contribution in [0.5, 0.6) is 0 Å². The molecule has 0 spiro atoms. The van der Waals surface area contributed by atoms with Gasteiger partial charge in [0.2, 0.25) is 0 Å². The summed E-state index contributed by atoms with van der Waals surface area (Å²) >= 11 is 0. The standard InChI is InChI=1S/C16H28N4/c1-13-18-19-15(16(12-17)10-6-3-7-11-16)20(13)14-8-4-2-5-9-14/h14H,2-12,17H2,1H3. The summed E-state index contributed by atoms with van der Waals surface area (Å²) in [7, 11) is 0. The van der Waals surface area contributed by atoms with Crippen LogP contribution < -0.4 is 5.73 Å². The highest BCUT2D eigenvalue weighted by Gasteiger charge is 2.38. The van der Waals surface area contributed by atoms with Crippen LogP contribution in [0.3, 0.4) is 0 Å². The first kappa shape index (κ1) is 14.1. The van der Waals surface area contributed by atoms with E-state index in [0.29, 0.717) is 6.04 Å². The van der Waals surface area contributed by atoms with Crippen LogP contribution in [-0.2, 0) is 5.41 Å². The first-order valence-corrected chi connectivity index (χ1v) is 8.39. The molecule has 0 bridgehead atoms. The molecule has 3 rings (SSSR count). The third-order valence-electron chi connectivity index (χ3n) is 5.48. The van der Waals surface area contributed by atoms with Crippen LogP contribution in [0.4, 0.5) is 0 Å². The van der Waals surface area contributed by atoms with Crippen molar-refractivity contribution in [2.45, 2.75) is 82.6 Å². The highest BCUT2D eigenvalue weighted by Crippen LogP contribution is 2.40. The third kappa shape index (κ3) is 2.39. The van der Waals surface area contributed by atoms with Crippen molar-refractivity contribution in [1.29, 1.82) is 0 Å². The lowest BCUT2D eigenvalue weighted by Crippen LogP contribution is -2.40. The first-order chi connectivity index (χ1) is 9.77. The molecule has 2 fully saturated rings. The topological polar surface area (TPSA) is 56.7 Å². The fourth-order valence-corrected chi connectivity index (χ4v) is 4.25. The van der Waals surface area contributed by atoms with Crippen LogP contribution in [-0.4, -0.2) is 21.3 Å². The Kier molecular flexibility index (Phi) is 4.11. The number of hydrogen-bond acceptors (Lipinski definition) is 3. The van der Waals surface area contributed by atoms with Crippen LogP contribution in [0, 0.1) is 6.92 Å². The summed E-state index contributed by atoms with van der Waals surface area (Å²) in [6.07, 6.45) is 12.9. The third-order valence-corrected chi connectivity index (χ3v) is 5.48. The van der Waals surface area contributed by atoms with Crippen LogP contribution in [0.25, 0.3) is 0 Å². The zero-order valence-electron chi connectivity index (χ0n) is 12.8. The van der Waals surface area contributed by atoms with Gasteiger partial charge in [-0.2, -0.15) is 0 Å². The molecule has 0 saturated heterocycles. The van der Waals surface area contributed by atoms with Crippen molar-refractivity contribution in [2.75, 3.05) is 6.54 Å². The lowest BCUT2D eigenvalue weighted by molar-refractivity contribution is 0.254. The van der Waals surface area contributed by atoms with Crippen molar-refractivity contribution in [1.82, 2.24) is 14.8 Å². The maximum Gasteiger partial charge on any atom is 0.140 e. The molecule has 2 aliphatic rings. The van der Waals surface area contributed by atoms with E-state index in [1.165, 1.54) is 70.0 Å². The van der Waals surface area contributed by atoms with Gasteiger partial charge in [0.25, 0.3) is 0 Å². The molecule has 0 radical (unpaired) electrons. The molecule has 0 unspecified atom stereocenters. The predicted molar refractivity (Wildman–Crippen MR) is 80.7 cm³/mol. The maximum absolute atomic E-state index is 6.20. The Morgan fingerprint density at radius 1 is 1.05 bits per heavy atom. The van der Waals surface area contributed by atoms with Crippen molar-refractivity contribution >= 4 is 0 Å². The first-order valence-electron chi connectivity index (χ1n) is 8.39. The Morgan fingerprint density at radius 2 is 1.70 bits per heavy atom. The lowest BCUT2D eigenvalue weighted by atomic mass is 9.73. The molecule has 2 saturated carbocycles. The molecule has 20 heavy (non-hydrogen) atoms. The minimum absolute atomic E-state index is 0.0942. The van der Waals surface area contributed by atoms with E-state index in [1.807, 2.05) is 0 Å². The van der Waals surface area contributed by atoms with E-state index >= 15 is 0 Å². The molecule has 1 aromatic rings. The van der Waals surface area contributed by atoms with Gasteiger partial charge in [-0.25, -0.2) is 0 Å². The molecule has 1 heterocycles. The molecule has 4 nitrogen and oxygen atoms in total. The normalized spacial score (nSPS) is 23.9. The van der Waals surface area contributed by atoms with Gasteiger partial charge < -0.3 is 10.3 Å². The van der Waals surface area contributed by atoms with Gasteiger partial charge in [-0.1, -0.05) is 38.5 Å². The highest BCUT2D eigenvalue weighted by atomic mass is 15.3. The Balaban J connectivity index is 1.96. The Morgan fingerprint density at radius 3 is 2.35 bits per heavy atom. The van der Waals surface area contributed by atoms with Gasteiger partial charge in [0, 0.05) is 18.0 Å². The van der Waals surface area contributed by atoms with Gasteiger partial charge in [-0.05, 0) is 32.6 Å². The van der Waals surface area contributed by atoms with Crippen molar-refractivity contribution in [3.8, 4) is 0 Å².